The van der Waals surface area contributed by atoms with Gasteiger partial charge in [0.1, 0.15) is 5.75 Å². The highest BCUT2D eigenvalue weighted by Crippen LogP contribution is 2.13. The summed E-state index contributed by atoms with van der Waals surface area (Å²) >= 11 is -1.15. The monoisotopic (exact) mass is 415 g/mol. The summed E-state index contributed by atoms with van der Waals surface area (Å²) in [5.41, 5.74) is 0. The first-order valence-electron chi connectivity index (χ1n) is 11.8. The molecule has 2 amide bonds. The lowest BCUT2D eigenvalue weighted by Gasteiger charge is -2.09. The second-order valence-electron chi connectivity index (χ2n) is 7.96. The first-order chi connectivity index (χ1) is 13.6. The average molecular weight is 416 g/mol. The summed E-state index contributed by atoms with van der Waals surface area (Å²) in [6.45, 7) is 4.19. The van der Waals surface area contributed by atoms with E-state index in [1.165, 1.54) is 83.5 Å². The SMILES string of the molecule is CCCCCCCCCCCCCCCCCC(=O)NC(=O)C[S+]([O-])CCC. The molecular formula is C23H45NO3S. The van der Waals surface area contributed by atoms with Crippen molar-refractivity contribution in [1.82, 2.24) is 5.32 Å². The van der Waals surface area contributed by atoms with E-state index in [0.29, 0.717) is 12.2 Å². The van der Waals surface area contributed by atoms with Crippen molar-refractivity contribution in [2.45, 2.75) is 123 Å². The van der Waals surface area contributed by atoms with E-state index in [-0.39, 0.29) is 11.7 Å². The first-order valence-corrected chi connectivity index (χ1v) is 13.3. The van der Waals surface area contributed by atoms with Crippen molar-refractivity contribution >= 4 is 23.0 Å². The number of carbonyl (C=O) groups is 2. The van der Waals surface area contributed by atoms with Gasteiger partial charge in [0.15, 0.2) is 5.75 Å². The minimum absolute atomic E-state index is 0.0571. The third-order valence-corrected chi connectivity index (χ3v) is 6.46. The third-order valence-electron chi connectivity index (χ3n) is 5.01. The van der Waals surface area contributed by atoms with Gasteiger partial charge in [-0.15, -0.1) is 0 Å². The summed E-state index contributed by atoms with van der Waals surface area (Å²) in [5, 5.41) is 2.35. The Morgan fingerprint density at radius 3 is 1.50 bits per heavy atom. The van der Waals surface area contributed by atoms with Gasteiger partial charge in [-0.05, 0) is 24.0 Å². The van der Waals surface area contributed by atoms with Crippen LogP contribution < -0.4 is 5.32 Å². The van der Waals surface area contributed by atoms with Gasteiger partial charge in [0.05, 0.1) is 0 Å². The Kier molecular flexibility index (Phi) is 20.8. The van der Waals surface area contributed by atoms with Crippen molar-refractivity contribution in [3.63, 3.8) is 0 Å². The molecule has 4 nitrogen and oxygen atoms in total. The van der Waals surface area contributed by atoms with Crippen molar-refractivity contribution in [3.05, 3.63) is 0 Å². The lowest BCUT2D eigenvalue weighted by molar-refractivity contribution is -0.129. The van der Waals surface area contributed by atoms with Gasteiger partial charge < -0.3 is 4.55 Å². The van der Waals surface area contributed by atoms with Gasteiger partial charge in [-0.3, -0.25) is 14.9 Å². The number of hydrogen-bond donors (Lipinski definition) is 1. The number of amides is 2. The summed E-state index contributed by atoms with van der Waals surface area (Å²) in [4.78, 5) is 23.3. The molecule has 166 valence electrons. The van der Waals surface area contributed by atoms with Gasteiger partial charge in [0, 0.05) is 6.42 Å². The summed E-state index contributed by atoms with van der Waals surface area (Å²) < 4.78 is 11.5. The molecule has 0 fully saturated rings. The normalized spacial score (nSPS) is 12.1. The van der Waals surface area contributed by atoms with Crippen LogP contribution >= 0.6 is 0 Å². The fourth-order valence-corrected chi connectivity index (χ4v) is 4.32. The minimum Gasteiger partial charge on any atom is -0.616 e. The molecule has 0 saturated heterocycles. The molecular weight excluding hydrogens is 370 g/mol. The molecule has 0 spiro atoms. The van der Waals surface area contributed by atoms with Crippen LogP contribution in [0, 0.1) is 0 Å². The van der Waals surface area contributed by atoms with E-state index in [0.717, 1.165) is 19.3 Å². The van der Waals surface area contributed by atoms with Crippen LogP contribution in [0.15, 0.2) is 0 Å². The zero-order chi connectivity index (χ0) is 20.9. The molecule has 0 aliphatic carbocycles. The van der Waals surface area contributed by atoms with Crippen LogP contribution in [-0.2, 0) is 20.8 Å². The summed E-state index contributed by atoms with van der Waals surface area (Å²) in [5.74, 6) is -0.176. The molecule has 0 bridgehead atoms. The van der Waals surface area contributed by atoms with E-state index in [9.17, 15) is 14.1 Å². The van der Waals surface area contributed by atoms with E-state index in [1.807, 2.05) is 6.92 Å². The Hall–Kier alpha value is -0.550. The number of rotatable bonds is 20. The standard InChI is InChI=1S/C23H45NO3S/c1-3-5-6-7-8-9-10-11-12-13-14-15-16-17-18-19-22(25)24-23(26)21-28(27)20-4-2/h3-21H2,1-2H3,(H,24,25,26). The lowest BCUT2D eigenvalue weighted by atomic mass is 10.0. The summed E-state index contributed by atoms with van der Waals surface area (Å²) in [6, 6.07) is 0. The molecule has 0 heterocycles. The zero-order valence-corrected chi connectivity index (χ0v) is 19.4. The molecule has 1 N–H and O–H groups in total. The van der Waals surface area contributed by atoms with Gasteiger partial charge in [0.25, 0.3) is 5.91 Å². The Morgan fingerprint density at radius 2 is 1.07 bits per heavy atom. The number of imide groups is 1. The number of hydrogen-bond acceptors (Lipinski definition) is 3. The fourth-order valence-electron chi connectivity index (χ4n) is 3.36. The van der Waals surface area contributed by atoms with Crippen LogP contribution in [0.4, 0.5) is 0 Å². The van der Waals surface area contributed by atoms with Crippen molar-refractivity contribution in [2.75, 3.05) is 11.5 Å². The van der Waals surface area contributed by atoms with Crippen molar-refractivity contribution < 1.29 is 14.1 Å². The highest BCUT2D eigenvalue weighted by atomic mass is 32.2. The predicted molar refractivity (Wildman–Crippen MR) is 121 cm³/mol. The Balaban J connectivity index is 3.30. The van der Waals surface area contributed by atoms with Crippen molar-refractivity contribution in [1.29, 1.82) is 0 Å². The van der Waals surface area contributed by atoms with Gasteiger partial charge in [-0.2, -0.15) is 0 Å². The average Bonchev–Trinajstić information content (AvgIpc) is 2.64. The number of nitrogens with one attached hydrogen (secondary N) is 1. The van der Waals surface area contributed by atoms with Crippen LogP contribution in [-0.4, -0.2) is 27.9 Å². The molecule has 5 heteroatoms. The molecule has 0 aromatic carbocycles. The topological polar surface area (TPSA) is 69.2 Å². The predicted octanol–water partition coefficient (Wildman–Crippen LogP) is 6.05. The quantitative estimate of drug-likeness (QED) is 0.194. The molecule has 28 heavy (non-hydrogen) atoms. The molecule has 0 radical (unpaired) electrons. The van der Waals surface area contributed by atoms with Crippen LogP contribution in [0.1, 0.15) is 123 Å². The molecule has 1 unspecified atom stereocenters. The lowest BCUT2D eigenvalue weighted by Crippen LogP contribution is -2.35. The molecule has 0 saturated carbocycles. The minimum atomic E-state index is -1.15. The highest BCUT2D eigenvalue weighted by molar-refractivity contribution is 7.92. The molecule has 0 rings (SSSR count). The second kappa shape index (κ2) is 21.2. The van der Waals surface area contributed by atoms with Crippen molar-refractivity contribution in [2.24, 2.45) is 0 Å². The van der Waals surface area contributed by atoms with E-state index >= 15 is 0 Å². The van der Waals surface area contributed by atoms with Gasteiger partial charge >= 0.3 is 0 Å². The molecule has 0 aliphatic heterocycles. The molecule has 0 aromatic heterocycles. The summed E-state index contributed by atoms with van der Waals surface area (Å²) in [6.07, 6.45) is 20.6. The number of unbranched alkanes of at least 4 members (excludes halogenated alkanes) is 14. The smallest absolute Gasteiger partial charge is 0.276 e. The maximum absolute atomic E-state index is 11.7. The number of carbonyl (C=O) groups excluding carboxylic acids is 2. The van der Waals surface area contributed by atoms with E-state index in [2.05, 4.69) is 12.2 Å². The highest BCUT2D eigenvalue weighted by Gasteiger charge is 2.14. The van der Waals surface area contributed by atoms with Gasteiger partial charge in [-0.25, -0.2) is 0 Å². The van der Waals surface area contributed by atoms with Gasteiger partial charge in [-0.1, -0.05) is 104 Å². The summed E-state index contributed by atoms with van der Waals surface area (Å²) in [7, 11) is 0. The van der Waals surface area contributed by atoms with Crippen LogP contribution in [0.5, 0.6) is 0 Å². The molecule has 1 atom stereocenters. The maximum atomic E-state index is 11.7. The third kappa shape index (κ3) is 20.2. The fraction of sp³-hybridized carbons (Fsp3) is 0.913. The Labute approximate surface area is 177 Å². The Morgan fingerprint density at radius 1 is 0.643 bits per heavy atom. The first kappa shape index (κ1) is 27.5. The Bertz CT molecular complexity index is 377. The molecule has 0 aromatic rings. The van der Waals surface area contributed by atoms with Crippen LogP contribution in [0.2, 0.25) is 0 Å². The second-order valence-corrected chi connectivity index (χ2v) is 9.54. The van der Waals surface area contributed by atoms with E-state index in [1.54, 1.807) is 0 Å². The zero-order valence-electron chi connectivity index (χ0n) is 18.6. The van der Waals surface area contributed by atoms with Crippen LogP contribution in [0.25, 0.3) is 0 Å². The van der Waals surface area contributed by atoms with Gasteiger partial charge in [0.2, 0.25) is 5.91 Å². The van der Waals surface area contributed by atoms with E-state index in [4.69, 9.17) is 0 Å². The van der Waals surface area contributed by atoms with Crippen LogP contribution in [0.3, 0.4) is 0 Å². The molecule has 0 aliphatic rings. The van der Waals surface area contributed by atoms with E-state index < -0.39 is 17.1 Å². The van der Waals surface area contributed by atoms with Crippen molar-refractivity contribution in [3.8, 4) is 0 Å². The maximum Gasteiger partial charge on any atom is 0.276 e. The largest absolute Gasteiger partial charge is 0.616 e.